The van der Waals surface area contributed by atoms with Gasteiger partial charge in [-0.25, -0.2) is 0 Å². The van der Waals surface area contributed by atoms with Crippen molar-refractivity contribution >= 4 is 5.91 Å². The number of alkyl halides is 3. The molecule has 0 aromatic heterocycles. The Morgan fingerprint density at radius 1 is 1.03 bits per heavy atom. The lowest BCUT2D eigenvalue weighted by Crippen LogP contribution is -2.59. The van der Waals surface area contributed by atoms with Crippen LogP contribution in [0.4, 0.5) is 13.2 Å². The van der Waals surface area contributed by atoms with Crippen LogP contribution >= 0.6 is 0 Å². The van der Waals surface area contributed by atoms with E-state index in [1.54, 1.807) is 18.2 Å². The largest absolute Gasteiger partial charge is 0.416 e. The number of likely N-dealkylation sites (tertiary alicyclic amines) is 1. The first-order valence-electron chi connectivity index (χ1n) is 10.1. The summed E-state index contributed by atoms with van der Waals surface area (Å²) in [6.07, 6.45) is -0.939. The van der Waals surface area contributed by atoms with Gasteiger partial charge in [-0.1, -0.05) is 43.2 Å². The molecule has 3 atom stereocenters. The first-order valence-corrected chi connectivity index (χ1v) is 10.1. The van der Waals surface area contributed by atoms with E-state index >= 15 is 0 Å². The summed E-state index contributed by atoms with van der Waals surface area (Å²) < 4.78 is 39.6. The molecule has 2 aromatic carbocycles. The molecular weight excluding hydrogens is 379 g/mol. The summed E-state index contributed by atoms with van der Waals surface area (Å²) in [5.74, 6) is -0.352. The van der Waals surface area contributed by atoms with Gasteiger partial charge in [0.2, 0.25) is 0 Å². The van der Waals surface area contributed by atoms with E-state index in [2.05, 4.69) is 0 Å². The van der Waals surface area contributed by atoms with Crippen molar-refractivity contribution in [2.24, 2.45) is 5.92 Å². The fourth-order valence-electron chi connectivity index (χ4n) is 5.01. The minimum absolute atomic E-state index is 0.0754. The summed E-state index contributed by atoms with van der Waals surface area (Å²) in [6, 6.07) is 13.9. The van der Waals surface area contributed by atoms with Gasteiger partial charge in [-0.05, 0) is 49.1 Å². The van der Waals surface area contributed by atoms with Gasteiger partial charge in [0.05, 0.1) is 11.2 Å². The second-order valence-electron chi connectivity index (χ2n) is 8.08. The number of hydrogen-bond donors (Lipinski definition) is 1. The lowest BCUT2D eigenvalue weighted by molar-refractivity contribution is -0.138. The Morgan fingerprint density at radius 2 is 1.76 bits per heavy atom. The molecule has 154 valence electrons. The van der Waals surface area contributed by atoms with Crippen molar-refractivity contribution < 1.29 is 23.1 Å². The quantitative estimate of drug-likeness (QED) is 0.767. The van der Waals surface area contributed by atoms with Crippen LogP contribution in [0, 0.1) is 5.92 Å². The lowest BCUT2D eigenvalue weighted by atomic mass is 9.66. The Kier molecular flexibility index (Phi) is 5.15. The van der Waals surface area contributed by atoms with Gasteiger partial charge >= 0.3 is 6.18 Å². The Morgan fingerprint density at radius 3 is 2.48 bits per heavy atom. The number of nitrogens with zero attached hydrogens (tertiary/aromatic N) is 1. The fraction of sp³-hybridized carbons (Fsp3) is 0.435. The highest BCUT2D eigenvalue weighted by atomic mass is 19.4. The highest BCUT2D eigenvalue weighted by molar-refractivity contribution is 5.94. The van der Waals surface area contributed by atoms with E-state index < -0.39 is 17.3 Å². The summed E-state index contributed by atoms with van der Waals surface area (Å²) in [5.41, 5.74) is -1.21. The van der Waals surface area contributed by atoms with Crippen molar-refractivity contribution in [1.82, 2.24) is 4.90 Å². The molecule has 2 fully saturated rings. The predicted octanol–water partition coefficient (Wildman–Crippen LogP) is 5.00. The molecule has 6 heteroatoms. The molecule has 1 aliphatic carbocycles. The zero-order valence-electron chi connectivity index (χ0n) is 16.0. The Labute approximate surface area is 168 Å². The molecular formula is C23H24F3NO2. The summed E-state index contributed by atoms with van der Waals surface area (Å²) in [6.45, 7) is 0.321. The van der Waals surface area contributed by atoms with Crippen molar-refractivity contribution in [3.05, 3.63) is 71.3 Å². The first kappa shape index (κ1) is 20.0. The van der Waals surface area contributed by atoms with Gasteiger partial charge in [-0.15, -0.1) is 0 Å². The van der Waals surface area contributed by atoms with Crippen LogP contribution < -0.4 is 0 Å². The third-order valence-corrected chi connectivity index (χ3v) is 6.45. The van der Waals surface area contributed by atoms with E-state index in [1.807, 2.05) is 23.1 Å². The van der Waals surface area contributed by atoms with Crippen LogP contribution in [-0.2, 0) is 11.8 Å². The van der Waals surface area contributed by atoms with Gasteiger partial charge in [0.15, 0.2) is 0 Å². The van der Waals surface area contributed by atoms with Gasteiger partial charge in [0.1, 0.15) is 0 Å². The Balaban J connectivity index is 1.67. The second kappa shape index (κ2) is 7.48. The van der Waals surface area contributed by atoms with E-state index in [-0.39, 0.29) is 24.3 Å². The average molecular weight is 403 g/mol. The number of rotatable bonds is 2. The molecule has 1 N–H and O–H groups in total. The summed E-state index contributed by atoms with van der Waals surface area (Å²) >= 11 is 0. The zero-order chi connectivity index (χ0) is 20.6. The maximum absolute atomic E-state index is 13.2. The van der Waals surface area contributed by atoms with Crippen LogP contribution in [0.1, 0.15) is 53.6 Å². The average Bonchev–Trinajstić information content (AvgIpc) is 2.74. The summed E-state index contributed by atoms with van der Waals surface area (Å²) in [5, 5.41) is 11.6. The number of amides is 1. The normalized spacial score (nSPS) is 27.4. The minimum atomic E-state index is -4.46. The molecule has 1 aliphatic heterocycles. The Bertz CT molecular complexity index is 883. The predicted molar refractivity (Wildman–Crippen MR) is 103 cm³/mol. The molecule has 0 bridgehead atoms. The van der Waals surface area contributed by atoms with Gasteiger partial charge in [0.25, 0.3) is 5.91 Å². The number of carbonyl (C=O) groups is 1. The third kappa shape index (κ3) is 3.66. The Hall–Kier alpha value is -2.34. The molecule has 0 spiro atoms. The zero-order valence-corrected chi connectivity index (χ0v) is 16.0. The van der Waals surface area contributed by atoms with E-state index in [9.17, 15) is 23.1 Å². The van der Waals surface area contributed by atoms with E-state index in [1.165, 1.54) is 6.07 Å². The van der Waals surface area contributed by atoms with Crippen LogP contribution in [0.5, 0.6) is 0 Å². The summed E-state index contributed by atoms with van der Waals surface area (Å²) in [4.78, 5) is 14.9. The van der Waals surface area contributed by atoms with Crippen molar-refractivity contribution in [3.63, 3.8) is 0 Å². The molecule has 1 amide bonds. The highest BCUT2D eigenvalue weighted by Crippen LogP contribution is 2.48. The van der Waals surface area contributed by atoms with Crippen LogP contribution in [0.25, 0.3) is 0 Å². The second-order valence-corrected chi connectivity index (χ2v) is 8.08. The van der Waals surface area contributed by atoms with E-state index in [0.29, 0.717) is 24.1 Å². The van der Waals surface area contributed by atoms with Crippen molar-refractivity contribution in [1.29, 1.82) is 0 Å². The first-order chi connectivity index (χ1) is 13.8. The van der Waals surface area contributed by atoms with Crippen molar-refractivity contribution in [2.45, 2.75) is 49.9 Å². The number of piperidine rings is 1. The SMILES string of the molecule is O=C(c1ccccc1)N1CCC(O)(c2cccc(C(F)(F)F)c2)[C@H]2CCCC[C@@H]21. The van der Waals surface area contributed by atoms with Crippen molar-refractivity contribution in [3.8, 4) is 0 Å². The smallest absolute Gasteiger partial charge is 0.385 e. The maximum atomic E-state index is 13.2. The van der Waals surface area contributed by atoms with Crippen LogP contribution in [-0.4, -0.2) is 28.5 Å². The number of benzene rings is 2. The molecule has 4 rings (SSSR count). The van der Waals surface area contributed by atoms with Gasteiger partial charge in [0, 0.05) is 24.1 Å². The molecule has 3 nitrogen and oxygen atoms in total. The highest BCUT2D eigenvalue weighted by Gasteiger charge is 2.50. The number of aliphatic hydroxyl groups is 1. The van der Waals surface area contributed by atoms with E-state index in [0.717, 1.165) is 31.4 Å². The van der Waals surface area contributed by atoms with Gasteiger partial charge < -0.3 is 10.0 Å². The molecule has 29 heavy (non-hydrogen) atoms. The van der Waals surface area contributed by atoms with Crippen LogP contribution in [0.15, 0.2) is 54.6 Å². The van der Waals surface area contributed by atoms with Crippen LogP contribution in [0.2, 0.25) is 0 Å². The molecule has 1 saturated heterocycles. The lowest BCUT2D eigenvalue weighted by Gasteiger charge is -2.52. The standard InChI is InChI=1S/C23H24F3NO2/c24-23(25,26)18-10-6-9-17(15-18)22(29)13-14-27(20-12-5-4-11-19(20)22)21(28)16-7-2-1-3-8-16/h1-3,6-10,15,19-20,29H,4-5,11-14H2/t19-,20-,22?/m0/s1. The number of carbonyl (C=O) groups excluding carboxylic acids is 1. The topological polar surface area (TPSA) is 40.5 Å². The fourth-order valence-corrected chi connectivity index (χ4v) is 5.01. The van der Waals surface area contributed by atoms with Gasteiger partial charge in [-0.2, -0.15) is 13.2 Å². The number of hydrogen-bond acceptors (Lipinski definition) is 2. The maximum Gasteiger partial charge on any atom is 0.416 e. The number of halogens is 3. The molecule has 1 heterocycles. The summed E-state index contributed by atoms with van der Waals surface area (Å²) in [7, 11) is 0. The van der Waals surface area contributed by atoms with Crippen molar-refractivity contribution in [2.75, 3.05) is 6.54 Å². The molecule has 2 aliphatic rings. The third-order valence-electron chi connectivity index (χ3n) is 6.45. The van der Waals surface area contributed by atoms with E-state index in [4.69, 9.17) is 0 Å². The van der Waals surface area contributed by atoms with Crippen LogP contribution in [0.3, 0.4) is 0 Å². The minimum Gasteiger partial charge on any atom is -0.385 e. The molecule has 1 unspecified atom stereocenters. The number of fused-ring (bicyclic) bond motifs is 1. The van der Waals surface area contributed by atoms with Gasteiger partial charge in [-0.3, -0.25) is 4.79 Å². The molecule has 2 aromatic rings. The molecule has 0 radical (unpaired) electrons. The monoisotopic (exact) mass is 403 g/mol. The molecule has 1 saturated carbocycles.